The van der Waals surface area contributed by atoms with Gasteiger partial charge in [-0.2, -0.15) is 0 Å². The van der Waals surface area contributed by atoms with Crippen molar-refractivity contribution < 1.29 is 13.6 Å². The molecule has 0 unspecified atom stereocenters. The molecule has 31 heavy (non-hydrogen) atoms. The number of amides is 1. The van der Waals surface area contributed by atoms with Crippen LogP contribution in [-0.4, -0.2) is 29.9 Å². The summed E-state index contributed by atoms with van der Waals surface area (Å²) in [7, 11) is 1.45. The summed E-state index contributed by atoms with van der Waals surface area (Å²) >= 11 is 0. The second kappa shape index (κ2) is 8.70. The van der Waals surface area contributed by atoms with E-state index in [1.165, 1.54) is 25.2 Å². The molecule has 6 N–H and O–H groups in total. The van der Waals surface area contributed by atoms with E-state index in [1.807, 2.05) is 0 Å². The van der Waals surface area contributed by atoms with E-state index in [0.717, 1.165) is 11.8 Å². The Morgan fingerprint density at radius 3 is 2.58 bits per heavy atom. The first-order valence-electron chi connectivity index (χ1n) is 9.20. The van der Waals surface area contributed by atoms with Crippen molar-refractivity contribution in [3.8, 4) is 0 Å². The topological polar surface area (TPSA) is 128 Å². The number of hydrogen-bond donors (Lipinski definition) is 5. The summed E-state index contributed by atoms with van der Waals surface area (Å²) in [5, 5.41) is 20.8. The summed E-state index contributed by atoms with van der Waals surface area (Å²) in [5.41, 5.74) is 6.94. The van der Waals surface area contributed by atoms with Gasteiger partial charge in [0, 0.05) is 41.6 Å². The van der Waals surface area contributed by atoms with E-state index in [9.17, 15) is 13.6 Å². The molecule has 0 radical (unpaired) electrons. The zero-order valence-corrected chi connectivity index (χ0v) is 16.8. The molecule has 0 fully saturated rings. The molecule has 1 heterocycles. The molecule has 0 bridgehead atoms. The molecule has 3 aromatic rings. The minimum absolute atomic E-state index is 0.0409. The maximum atomic E-state index is 14.7. The standard InChI is InChI=1S/C22H20F2N6O/c1-11-4-3-5-17(29-11)21(27)13-8-12(6-7-16(13)26)30-22(31)19-15(23)9-18(28-2)14(10-25)20(19)24/h3-10,25,27-28H,26H2,1-2H3,(H,30,31). The predicted molar refractivity (Wildman–Crippen MR) is 118 cm³/mol. The van der Waals surface area contributed by atoms with Crippen LogP contribution in [-0.2, 0) is 0 Å². The summed E-state index contributed by atoms with van der Waals surface area (Å²) in [6, 6.07) is 10.5. The van der Waals surface area contributed by atoms with Gasteiger partial charge in [-0.25, -0.2) is 8.78 Å². The van der Waals surface area contributed by atoms with Crippen molar-refractivity contribution in [3.05, 3.63) is 82.2 Å². The smallest absolute Gasteiger partial charge is 0.261 e. The molecule has 2 aromatic carbocycles. The monoisotopic (exact) mass is 422 g/mol. The fraction of sp³-hybridized carbons (Fsp3) is 0.0909. The van der Waals surface area contributed by atoms with Crippen molar-refractivity contribution in [2.75, 3.05) is 23.4 Å². The Labute approximate surface area is 177 Å². The molecule has 1 aromatic heterocycles. The van der Waals surface area contributed by atoms with Gasteiger partial charge in [-0.05, 0) is 43.3 Å². The molecule has 0 atom stereocenters. The van der Waals surface area contributed by atoms with Crippen LogP contribution in [0.1, 0.15) is 32.9 Å². The number of carbonyl (C=O) groups excluding carboxylic acids is 1. The first-order chi connectivity index (χ1) is 14.8. The number of aryl methyl sites for hydroxylation is 1. The molecule has 0 saturated heterocycles. The number of benzene rings is 2. The summed E-state index contributed by atoms with van der Waals surface area (Å²) in [5.74, 6) is -3.25. The zero-order valence-electron chi connectivity index (χ0n) is 16.8. The highest BCUT2D eigenvalue weighted by atomic mass is 19.1. The number of nitrogen functional groups attached to an aromatic ring is 1. The van der Waals surface area contributed by atoms with Crippen LogP contribution in [0.15, 0.2) is 42.5 Å². The summed E-state index contributed by atoms with van der Waals surface area (Å²) < 4.78 is 29.1. The molecule has 0 aliphatic carbocycles. The number of rotatable bonds is 6. The number of halogens is 2. The molecular formula is C22H20F2N6O. The highest BCUT2D eigenvalue weighted by molar-refractivity contribution is 6.14. The minimum atomic E-state index is -1.15. The number of nitrogens with zero attached hydrogens (tertiary/aromatic N) is 1. The van der Waals surface area contributed by atoms with E-state index in [4.69, 9.17) is 16.6 Å². The van der Waals surface area contributed by atoms with Gasteiger partial charge >= 0.3 is 0 Å². The average Bonchev–Trinajstić information content (AvgIpc) is 2.74. The van der Waals surface area contributed by atoms with E-state index in [2.05, 4.69) is 15.6 Å². The molecular weight excluding hydrogens is 402 g/mol. The highest BCUT2D eigenvalue weighted by Crippen LogP contribution is 2.26. The highest BCUT2D eigenvalue weighted by Gasteiger charge is 2.23. The van der Waals surface area contributed by atoms with Gasteiger partial charge in [0.05, 0.1) is 17.0 Å². The lowest BCUT2D eigenvalue weighted by atomic mass is 10.0. The van der Waals surface area contributed by atoms with Gasteiger partial charge in [0.2, 0.25) is 0 Å². The normalized spacial score (nSPS) is 10.5. The van der Waals surface area contributed by atoms with Crippen molar-refractivity contribution in [1.29, 1.82) is 10.8 Å². The Bertz CT molecular complexity index is 1210. The van der Waals surface area contributed by atoms with Gasteiger partial charge in [0.25, 0.3) is 5.91 Å². The largest absolute Gasteiger partial charge is 0.398 e. The lowest BCUT2D eigenvalue weighted by Crippen LogP contribution is -2.18. The van der Waals surface area contributed by atoms with Crippen molar-refractivity contribution in [2.24, 2.45) is 0 Å². The van der Waals surface area contributed by atoms with E-state index in [1.54, 1.807) is 25.1 Å². The van der Waals surface area contributed by atoms with Crippen molar-refractivity contribution in [3.63, 3.8) is 0 Å². The second-order valence-electron chi connectivity index (χ2n) is 6.70. The minimum Gasteiger partial charge on any atom is -0.398 e. The number of anilines is 3. The van der Waals surface area contributed by atoms with Gasteiger partial charge in [0.15, 0.2) is 0 Å². The Hall–Kier alpha value is -4.14. The van der Waals surface area contributed by atoms with Crippen molar-refractivity contribution in [1.82, 2.24) is 4.98 Å². The fourth-order valence-corrected chi connectivity index (χ4v) is 3.05. The first kappa shape index (κ1) is 21.6. The van der Waals surface area contributed by atoms with Crippen LogP contribution in [0.25, 0.3) is 0 Å². The lowest BCUT2D eigenvalue weighted by Gasteiger charge is -2.14. The number of nitrogens with two attached hydrogens (primary N) is 1. The van der Waals surface area contributed by atoms with E-state index in [-0.39, 0.29) is 28.3 Å². The third-order valence-electron chi connectivity index (χ3n) is 4.62. The predicted octanol–water partition coefficient (Wildman–Crippen LogP) is 3.96. The molecule has 0 spiro atoms. The van der Waals surface area contributed by atoms with Crippen LogP contribution in [0, 0.1) is 29.4 Å². The number of aromatic nitrogens is 1. The van der Waals surface area contributed by atoms with Gasteiger partial charge in [0.1, 0.15) is 17.2 Å². The number of hydrogen-bond acceptors (Lipinski definition) is 6. The van der Waals surface area contributed by atoms with E-state index in [0.29, 0.717) is 17.5 Å². The Kier molecular flexibility index (Phi) is 6.05. The Morgan fingerprint density at radius 1 is 1.19 bits per heavy atom. The number of carbonyl (C=O) groups is 1. The molecule has 0 saturated carbocycles. The van der Waals surface area contributed by atoms with Crippen LogP contribution in [0.3, 0.4) is 0 Å². The SMILES string of the molecule is CNc1cc(F)c(C(=O)Nc2ccc(N)c(C(=N)c3cccc(C)n3)c2)c(F)c1C=N. The lowest BCUT2D eigenvalue weighted by molar-refractivity contribution is 0.101. The zero-order chi connectivity index (χ0) is 22.7. The molecule has 9 heteroatoms. The number of nitrogens with one attached hydrogen (secondary N) is 4. The molecule has 3 rings (SSSR count). The molecule has 0 aliphatic rings. The van der Waals surface area contributed by atoms with Crippen LogP contribution >= 0.6 is 0 Å². The summed E-state index contributed by atoms with van der Waals surface area (Å²) in [6.07, 6.45) is 0.703. The number of pyridine rings is 1. The maximum absolute atomic E-state index is 14.7. The second-order valence-corrected chi connectivity index (χ2v) is 6.70. The van der Waals surface area contributed by atoms with Crippen LogP contribution in [0.2, 0.25) is 0 Å². The van der Waals surface area contributed by atoms with Gasteiger partial charge in [-0.3, -0.25) is 15.2 Å². The summed E-state index contributed by atoms with van der Waals surface area (Å²) in [4.78, 5) is 16.9. The third kappa shape index (κ3) is 4.25. The Balaban J connectivity index is 1.96. The van der Waals surface area contributed by atoms with Crippen molar-refractivity contribution in [2.45, 2.75) is 6.92 Å². The average molecular weight is 422 g/mol. The van der Waals surface area contributed by atoms with Gasteiger partial charge < -0.3 is 21.8 Å². The van der Waals surface area contributed by atoms with Gasteiger partial charge in [-0.1, -0.05) is 6.07 Å². The molecule has 7 nitrogen and oxygen atoms in total. The van der Waals surface area contributed by atoms with Crippen LogP contribution in [0.5, 0.6) is 0 Å². The Morgan fingerprint density at radius 2 is 1.94 bits per heavy atom. The first-order valence-corrected chi connectivity index (χ1v) is 9.20. The van der Waals surface area contributed by atoms with Crippen LogP contribution in [0.4, 0.5) is 25.8 Å². The quantitative estimate of drug-likeness (QED) is 0.304. The molecule has 1 amide bonds. The molecule has 0 aliphatic heterocycles. The molecule has 158 valence electrons. The fourth-order valence-electron chi connectivity index (χ4n) is 3.05. The summed E-state index contributed by atoms with van der Waals surface area (Å²) in [6.45, 7) is 1.79. The van der Waals surface area contributed by atoms with E-state index < -0.39 is 23.1 Å². The van der Waals surface area contributed by atoms with Gasteiger partial charge in [-0.15, -0.1) is 0 Å². The third-order valence-corrected chi connectivity index (χ3v) is 4.62. The van der Waals surface area contributed by atoms with Crippen LogP contribution < -0.4 is 16.4 Å². The maximum Gasteiger partial charge on any atom is 0.261 e. The van der Waals surface area contributed by atoms with Crippen molar-refractivity contribution >= 4 is 34.9 Å². The van der Waals surface area contributed by atoms with E-state index >= 15 is 0 Å².